The smallest absolute Gasteiger partial charge is 0.297 e. The van der Waals surface area contributed by atoms with E-state index in [9.17, 15) is 4.79 Å². The molecule has 0 aliphatic carbocycles. The number of nitrogens with zero attached hydrogens (tertiary/aromatic N) is 3. The summed E-state index contributed by atoms with van der Waals surface area (Å²) in [5, 5.41) is 10.4. The summed E-state index contributed by atoms with van der Waals surface area (Å²) in [6.45, 7) is 0. The number of carbonyl (C=O) groups is 1. The van der Waals surface area contributed by atoms with Crippen molar-refractivity contribution in [2.75, 3.05) is 5.73 Å². The fourth-order valence-corrected chi connectivity index (χ4v) is 2.02. The molecule has 1 aromatic carbocycles. The third kappa shape index (κ3) is 3.46. The van der Waals surface area contributed by atoms with Gasteiger partial charge in [0.1, 0.15) is 11.5 Å². The van der Waals surface area contributed by atoms with Crippen LogP contribution in [-0.4, -0.2) is 22.4 Å². The highest BCUT2D eigenvalue weighted by atomic mass is 79.9. The fourth-order valence-electron chi connectivity index (χ4n) is 1.75. The van der Waals surface area contributed by atoms with Crippen LogP contribution in [0.2, 0.25) is 0 Å². The Morgan fingerprint density at radius 2 is 2.00 bits per heavy atom. The summed E-state index contributed by atoms with van der Waals surface area (Å²) < 4.78 is 10.9. The summed E-state index contributed by atoms with van der Waals surface area (Å²) in [7, 11) is 0. The highest BCUT2D eigenvalue weighted by Gasteiger charge is 2.14. The van der Waals surface area contributed by atoms with Crippen molar-refractivity contribution in [1.82, 2.24) is 15.7 Å². The number of carbonyl (C=O) groups excluding carboxylic acids is 1. The third-order valence-corrected chi connectivity index (χ3v) is 3.37. The number of hydrogen-bond acceptors (Lipinski definition) is 7. The second kappa shape index (κ2) is 6.44. The number of halogens is 1. The van der Waals surface area contributed by atoms with Crippen molar-refractivity contribution in [2.24, 2.45) is 5.10 Å². The van der Waals surface area contributed by atoms with Gasteiger partial charge in [-0.05, 0) is 34.6 Å². The maximum atomic E-state index is 11.7. The van der Waals surface area contributed by atoms with Crippen LogP contribution in [0, 0.1) is 0 Å². The zero-order valence-electron chi connectivity index (χ0n) is 11.6. The molecule has 0 aliphatic rings. The molecule has 0 saturated heterocycles. The van der Waals surface area contributed by atoms with E-state index in [0.717, 1.165) is 10.0 Å². The second-order valence-corrected chi connectivity index (χ2v) is 5.32. The minimum absolute atomic E-state index is 0.103. The zero-order valence-corrected chi connectivity index (χ0v) is 13.1. The molecule has 0 saturated carbocycles. The van der Waals surface area contributed by atoms with Crippen molar-refractivity contribution in [3.8, 4) is 11.3 Å². The van der Waals surface area contributed by atoms with Crippen LogP contribution in [0.4, 0.5) is 5.82 Å². The van der Waals surface area contributed by atoms with Gasteiger partial charge in [0.2, 0.25) is 11.5 Å². The van der Waals surface area contributed by atoms with E-state index in [-0.39, 0.29) is 11.5 Å². The molecule has 8 nitrogen and oxygen atoms in total. The number of aromatic nitrogens is 2. The number of nitrogen functional groups attached to an aromatic ring is 1. The lowest BCUT2D eigenvalue weighted by molar-refractivity contribution is 0.0946. The van der Waals surface area contributed by atoms with Gasteiger partial charge in [-0.1, -0.05) is 28.1 Å². The van der Waals surface area contributed by atoms with Gasteiger partial charge in [-0.15, -0.1) is 0 Å². The lowest BCUT2D eigenvalue weighted by Gasteiger charge is -1.96. The molecule has 9 heteroatoms. The van der Waals surface area contributed by atoms with Crippen molar-refractivity contribution in [3.63, 3.8) is 0 Å². The summed E-state index contributed by atoms with van der Waals surface area (Å²) in [6.07, 6.45) is 1.37. The van der Waals surface area contributed by atoms with Crippen LogP contribution in [-0.2, 0) is 0 Å². The molecule has 0 aliphatic heterocycles. The van der Waals surface area contributed by atoms with E-state index in [0.29, 0.717) is 11.5 Å². The fraction of sp³-hybridized carbons (Fsp3) is 0. The number of amides is 1. The molecule has 2 heterocycles. The first-order valence-electron chi connectivity index (χ1n) is 6.40. The molecule has 116 valence electrons. The van der Waals surface area contributed by atoms with Gasteiger partial charge >= 0.3 is 0 Å². The van der Waals surface area contributed by atoms with Crippen LogP contribution < -0.4 is 11.2 Å². The average molecular weight is 376 g/mol. The number of nitrogens with two attached hydrogens (primary N) is 1. The molecular weight excluding hydrogens is 366 g/mol. The van der Waals surface area contributed by atoms with Crippen molar-refractivity contribution < 1.29 is 13.8 Å². The third-order valence-electron chi connectivity index (χ3n) is 2.84. The molecule has 0 spiro atoms. The van der Waals surface area contributed by atoms with Gasteiger partial charge in [0.25, 0.3) is 5.91 Å². The Morgan fingerprint density at radius 1 is 1.22 bits per heavy atom. The van der Waals surface area contributed by atoms with Crippen molar-refractivity contribution >= 4 is 33.9 Å². The lowest BCUT2D eigenvalue weighted by atomic mass is 10.2. The van der Waals surface area contributed by atoms with Crippen LogP contribution in [0.1, 0.15) is 16.2 Å². The Morgan fingerprint density at radius 3 is 2.70 bits per heavy atom. The summed E-state index contributed by atoms with van der Waals surface area (Å²) in [6, 6.07) is 11.2. The molecule has 0 bridgehead atoms. The van der Waals surface area contributed by atoms with Gasteiger partial charge < -0.3 is 10.2 Å². The Balaban J connectivity index is 1.66. The van der Waals surface area contributed by atoms with Crippen molar-refractivity contribution in [2.45, 2.75) is 0 Å². The topological polar surface area (TPSA) is 120 Å². The molecule has 3 rings (SSSR count). The number of anilines is 1. The van der Waals surface area contributed by atoms with Gasteiger partial charge in [-0.2, -0.15) is 5.10 Å². The van der Waals surface area contributed by atoms with Gasteiger partial charge in [-0.3, -0.25) is 4.79 Å². The van der Waals surface area contributed by atoms with Crippen LogP contribution in [0.5, 0.6) is 0 Å². The quantitative estimate of drug-likeness (QED) is 0.533. The number of rotatable bonds is 4. The molecule has 2 aromatic heterocycles. The number of benzene rings is 1. The van der Waals surface area contributed by atoms with Gasteiger partial charge in [0.15, 0.2) is 0 Å². The summed E-state index contributed by atoms with van der Waals surface area (Å²) in [4.78, 5) is 11.7. The number of hydrazone groups is 1. The maximum Gasteiger partial charge on any atom is 0.297 e. The number of hydrogen-bond donors (Lipinski definition) is 2. The van der Waals surface area contributed by atoms with Crippen LogP contribution >= 0.6 is 15.9 Å². The average Bonchev–Trinajstić information content (AvgIpc) is 3.17. The SMILES string of the molecule is Nc1nonc1C(=O)N/N=C\c1ccc(-c2ccc(Br)cc2)o1. The van der Waals surface area contributed by atoms with E-state index in [2.05, 4.69) is 41.4 Å². The molecule has 0 atom stereocenters. The van der Waals surface area contributed by atoms with Crippen molar-refractivity contribution in [3.05, 3.63) is 52.3 Å². The first-order valence-corrected chi connectivity index (χ1v) is 7.20. The zero-order chi connectivity index (χ0) is 16.2. The molecular formula is C14H10BrN5O3. The van der Waals surface area contributed by atoms with E-state index >= 15 is 0 Å². The first kappa shape index (κ1) is 15.0. The molecule has 0 unspecified atom stereocenters. The molecule has 3 N–H and O–H groups in total. The monoisotopic (exact) mass is 375 g/mol. The standard InChI is InChI=1S/C14H10BrN5O3/c15-9-3-1-8(2-4-9)11-6-5-10(22-11)7-17-18-14(21)12-13(16)20-23-19-12/h1-7H,(H2,16,20)(H,18,21)/b17-7-. The molecule has 1 amide bonds. The van der Waals surface area contributed by atoms with Crippen LogP contribution in [0.25, 0.3) is 11.3 Å². The van der Waals surface area contributed by atoms with E-state index < -0.39 is 5.91 Å². The Bertz CT molecular complexity index is 853. The number of furan rings is 1. The summed E-state index contributed by atoms with van der Waals surface area (Å²) >= 11 is 3.38. The highest BCUT2D eigenvalue weighted by Crippen LogP contribution is 2.23. The van der Waals surface area contributed by atoms with E-state index in [1.165, 1.54) is 6.21 Å². The first-order chi connectivity index (χ1) is 11.1. The van der Waals surface area contributed by atoms with Crippen LogP contribution in [0.15, 0.2) is 55.0 Å². The largest absolute Gasteiger partial charge is 0.455 e. The van der Waals surface area contributed by atoms with E-state index in [1.54, 1.807) is 6.07 Å². The predicted octanol–water partition coefficient (Wildman–Crippen LogP) is 2.44. The van der Waals surface area contributed by atoms with Gasteiger partial charge in [0.05, 0.1) is 6.21 Å². The molecule has 3 aromatic rings. The Hall–Kier alpha value is -2.94. The summed E-state index contributed by atoms with van der Waals surface area (Å²) in [5.74, 6) is 0.442. The van der Waals surface area contributed by atoms with Crippen LogP contribution in [0.3, 0.4) is 0 Å². The number of nitrogens with one attached hydrogen (secondary N) is 1. The van der Waals surface area contributed by atoms with E-state index in [1.807, 2.05) is 30.3 Å². The minimum Gasteiger partial charge on any atom is -0.455 e. The molecule has 0 fully saturated rings. The molecule has 0 radical (unpaired) electrons. The highest BCUT2D eigenvalue weighted by molar-refractivity contribution is 9.10. The van der Waals surface area contributed by atoms with Gasteiger partial charge in [0, 0.05) is 10.0 Å². The van der Waals surface area contributed by atoms with Gasteiger partial charge in [-0.25, -0.2) is 10.1 Å². The lowest BCUT2D eigenvalue weighted by Crippen LogP contribution is -2.19. The summed E-state index contributed by atoms with van der Waals surface area (Å²) in [5.41, 5.74) is 8.45. The Kier molecular flexibility index (Phi) is 4.20. The second-order valence-electron chi connectivity index (χ2n) is 4.41. The van der Waals surface area contributed by atoms with Crippen molar-refractivity contribution in [1.29, 1.82) is 0 Å². The Labute approximate surface area is 138 Å². The normalized spacial score (nSPS) is 11.0. The predicted molar refractivity (Wildman–Crippen MR) is 85.6 cm³/mol. The van der Waals surface area contributed by atoms with E-state index in [4.69, 9.17) is 10.2 Å². The maximum absolute atomic E-state index is 11.7. The minimum atomic E-state index is -0.625. The molecule has 23 heavy (non-hydrogen) atoms.